The van der Waals surface area contributed by atoms with Crippen LogP contribution in [0.4, 0.5) is 26.4 Å². The van der Waals surface area contributed by atoms with Gasteiger partial charge in [0.2, 0.25) is 5.91 Å². The third-order valence-corrected chi connectivity index (χ3v) is 7.33. The molecule has 204 valence electrons. The largest absolute Gasteiger partial charge is 0.338 e. The van der Waals surface area contributed by atoms with Gasteiger partial charge in [0.05, 0.1) is 16.9 Å². The maximum atomic E-state index is 14.9. The van der Waals surface area contributed by atoms with Crippen LogP contribution in [0, 0.1) is 19.7 Å². The molecule has 0 atom stereocenters. The molecule has 1 aliphatic carbocycles. The minimum atomic E-state index is -0.636. The van der Waals surface area contributed by atoms with E-state index in [-0.39, 0.29) is 46.2 Å². The molecule has 0 bridgehead atoms. The summed E-state index contributed by atoms with van der Waals surface area (Å²) >= 11 is 0. The molecule has 0 radical (unpaired) electrons. The molecule has 0 unspecified atom stereocenters. The number of pyridine rings is 1. The van der Waals surface area contributed by atoms with Gasteiger partial charge in [-0.1, -0.05) is 12.1 Å². The molecule has 1 aliphatic heterocycles. The number of fused-ring (bicyclic) bond motifs is 1. The number of hydrogen-bond donors (Lipinski definition) is 2. The second kappa shape index (κ2) is 9.04. The summed E-state index contributed by atoms with van der Waals surface area (Å²) in [4.78, 5) is 66.6. The predicted molar refractivity (Wildman–Crippen MR) is 147 cm³/mol. The molecule has 11 nitrogen and oxygen atoms in total. The van der Waals surface area contributed by atoms with Crippen molar-refractivity contribution in [2.45, 2.75) is 32.7 Å². The van der Waals surface area contributed by atoms with Crippen LogP contribution in [0.1, 0.15) is 30.0 Å². The summed E-state index contributed by atoms with van der Waals surface area (Å²) in [5.74, 6) is -0.982. The Morgan fingerprint density at radius 1 is 0.950 bits per heavy atom. The zero-order valence-corrected chi connectivity index (χ0v) is 21.9. The molecule has 2 aromatic carbocycles. The molecule has 0 spiro atoms. The average Bonchev–Trinajstić information content (AvgIpc) is 3.68. The monoisotopic (exact) mass is 544 g/mol. The zero-order chi connectivity index (χ0) is 28.5. The number of urea groups is 1. The number of carbonyl (C=O) groups excluding carboxylic acids is 2. The molecule has 2 N–H and O–H groups in total. The number of rotatable bonds is 5. The molecule has 6 rings (SSSR count). The molecule has 2 aromatic heterocycles. The Kier molecular flexibility index (Phi) is 5.71. The normalized spacial score (nSPS) is 15.2. The fraction of sp³-hybridized carbons (Fsp3) is 0.250. The van der Waals surface area contributed by atoms with Crippen molar-refractivity contribution < 1.29 is 14.0 Å². The number of benzene rings is 2. The van der Waals surface area contributed by atoms with Crippen LogP contribution in [0.3, 0.4) is 0 Å². The van der Waals surface area contributed by atoms with E-state index >= 15 is 0 Å². The van der Waals surface area contributed by atoms with E-state index in [4.69, 9.17) is 0 Å². The van der Waals surface area contributed by atoms with Crippen LogP contribution in [0.25, 0.3) is 16.6 Å². The van der Waals surface area contributed by atoms with Gasteiger partial charge >= 0.3 is 11.7 Å². The van der Waals surface area contributed by atoms with Crippen molar-refractivity contribution in [3.05, 3.63) is 90.6 Å². The molecular weight excluding hydrogens is 519 g/mol. The summed E-state index contributed by atoms with van der Waals surface area (Å²) < 4.78 is 18.6. The molecular formula is C28H25FN6O5. The summed E-state index contributed by atoms with van der Waals surface area (Å²) in [6.07, 6.45) is 1.27. The predicted octanol–water partition coefficient (Wildman–Crippen LogP) is 2.74. The van der Waals surface area contributed by atoms with Gasteiger partial charge in [-0.05, 0) is 62.6 Å². The molecule has 4 aromatic rings. The van der Waals surface area contributed by atoms with E-state index in [2.05, 4.69) is 10.6 Å². The minimum absolute atomic E-state index is 0.0437. The molecule has 2 aliphatic rings. The molecule has 1 saturated heterocycles. The van der Waals surface area contributed by atoms with Gasteiger partial charge in [-0.2, -0.15) is 0 Å². The Labute approximate surface area is 226 Å². The van der Waals surface area contributed by atoms with Gasteiger partial charge in [-0.25, -0.2) is 14.0 Å². The lowest BCUT2D eigenvalue weighted by Crippen LogP contribution is -2.41. The Hall–Kier alpha value is -5.00. The van der Waals surface area contributed by atoms with Crippen molar-refractivity contribution in [1.29, 1.82) is 0 Å². The number of amides is 3. The first-order chi connectivity index (χ1) is 19.1. The summed E-state index contributed by atoms with van der Waals surface area (Å²) in [6, 6.07) is 10.0. The van der Waals surface area contributed by atoms with Crippen LogP contribution in [0.5, 0.6) is 0 Å². The first-order valence-electron chi connectivity index (χ1n) is 12.7. The van der Waals surface area contributed by atoms with Gasteiger partial charge in [0.1, 0.15) is 23.6 Å². The van der Waals surface area contributed by atoms with Gasteiger partial charge in [0.15, 0.2) is 0 Å². The maximum absolute atomic E-state index is 14.9. The molecule has 3 amide bonds. The third kappa shape index (κ3) is 3.91. The van der Waals surface area contributed by atoms with Crippen molar-refractivity contribution in [2.24, 2.45) is 7.05 Å². The Morgan fingerprint density at radius 3 is 2.33 bits per heavy atom. The highest BCUT2D eigenvalue weighted by Crippen LogP contribution is 2.34. The van der Waals surface area contributed by atoms with E-state index in [1.807, 2.05) is 0 Å². The molecule has 1 saturated carbocycles. The smallest absolute Gasteiger partial charge is 0.336 e. The van der Waals surface area contributed by atoms with E-state index in [0.717, 1.165) is 0 Å². The van der Waals surface area contributed by atoms with E-state index in [9.17, 15) is 28.4 Å². The van der Waals surface area contributed by atoms with Crippen molar-refractivity contribution in [1.82, 2.24) is 19.0 Å². The Bertz CT molecular complexity index is 1950. The van der Waals surface area contributed by atoms with Gasteiger partial charge in [0.25, 0.3) is 11.1 Å². The summed E-state index contributed by atoms with van der Waals surface area (Å²) in [7, 11) is 1.48. The maximum Gasteiger partial charge on any atom is 0.336 e. The summed E-state index contributed by atoms with van der Waals surface area (Å²) in [6.45, 7) is 3.08. The average molecular weight is 545 g/mol. The van der Waals surface area contributed by atoms with Crippen LogP contribution < -0.4 is 32.3 Å². The Morgan fingerprint density at radius 2 is 1.68 bits per heavy atom. The lowest BCUT2D eigenvalue weighted by atomic mass is 10.1. The van der Waals surface area contributed by atoms with Crippen LogP contribution >= 0.6 is 0 Å². The fourth-order valence-corrected chi connectivity index (χ4v) is 5.15. The van der Waals surface area contributed by atoms with Crippen molar-refractivity contribution >= 4 is 40.0 Å². The van der Waals surface area contributed by atoms with Gasteiger partial charge < -0.3 is 5.32 Å². The fourth-order valence-electron chi connectivity index (χ4n) is 5.15. The minimum Gasteiger partial charge on any atom is -0.338 e. The molecule has 2 fully saturated rings. The molecule has 40 heavy (non-hydrogen) atoms. The Balaban J connectivity index is 1.68. The standard InChI is InChI=1S/C28H25FN6O5/c1-14-7-10-20(19(29)11-14)30-24-22-23(15(2)25(37)32(24)3)34(28(40)35(26(22)38)16-8-9-16)18-6-4-5-17(12-18)33-13-21(36)31-27(33)39/h4-7,10-12,16,30H,8-9,13H2,1-3H3,(H,31,36,39). The number of carbonyl (C=O) groups is 2. The van der Waals surface area contributed by atoms with Gasteiger partial charge in [-0.15, -0.1) is 0 Å². The van der Waals surface area contributed by atoms with Gasteiger partial charge in [0, 0.05) is 24.3 Å². The van der Waals surface area contributed by atoms with Crippen LogP contribution in [0.2, 0.25) is 0 Å². The number of halogens is 1. The van der Waals surface area contributed by atoms with Crippen molar-refractivity contribution in [2.75, 3.05) is 16.8 Å². The number of nitrogens with one attached hydrogen (secondary N) is 2. The highest BCUT2D eigenvalue weighted by atomic mass is 19.1. The lowest BCUT2D eigenvalue weighted by Gasteiger charge is -2.21. The summed E-state index contributed by atoms with van der Waals surface area (Å²) in [5.41, 5.74) is -0.0925. The number of hydrogen-bond acceptors (Lipinski definition) is 6. The van der Waals surface area contributed by atoms with E-state index < -0.39 is 34.6 Å². The van der Waals surface area contributed by atoms with Crippen LogP contribution in [-0.4, -0.2) is 32.2 Å². The zero-order valence-electron chi connectivity index (χ0n) is 21.9. The van der Waals surface area contributed by atoms with E-state index in [1.54, 1.807) is 37.3 Å². The summed E-state index contributed by atoms with van der Waals surface area (Å²) in [5, 5.41) is 5.20. The lowest BCUT2D eigenvalue weighted by molar-refractivity contribution is -0.117. The number of nitrogens with zero attached hydrogens (tertiary/aromatic N) is 4. The number of anilines is 3. The second-order valence-electron chi connectivity index (χ2n) is 10.2. The topological polar surface area (TPSA) is 127 Å². The number of aryl methyl sites for hydroxylation is 2. The second-order valence-corrected chi connectivity index (χ2v) is 10.2. The third-order valence-electron chi connectivity index (χ3n) is 7.33. The highest BCUT2D eigenvalue weighted by Gasteiger charge is 2.32. The molecule has 12 heteroatoms. The molecule has 3 heterocycles. The highest BCUT2D eigenvalue weighted by molar-refractivity contribution is 6.12. The van der Waals surface area contributed by atoms with Crippen LogP contribution in [0.15, 0.2) is 56.8 Å². The first-order valence-corrected chi connectivity index (χ1v) is 12.7. The first kappa shape index (κ1) is 25.3. The van der Waals surface area contributed by atoms with E-state index in [0.29, 0.717) is 24.1 Å². The van der Waals surface area contributed by atoms with Crippen molar-refractivity contribution in [3.8, 4) is 5.69 Å². The van der Waals surface area contributed by atoms with E-state index in [1.165, 1.54) is 44.7 Å². The SMILES string of the molecule is Cc1ccc(Nc2c3c(=O)n(C4CC4)c(=O)n(-c4cccc(N5CC(=O)NC5=O)c4)c3c(C)c(=O)n2C)c(F)c1. The quantitative estimate of drug-likeness (QED) is 0.372. The van der Waals surface area contributed by atoms with Gasteiger partial charge in [-0.3, -0.25) is 38.3 Å². The van der Waals surface area contributed by atoms with Crippen molar-refractivity contribution in [3.63, 3.8) is 0 Å². The number of aromatic nitrogens is 3. The number of imide groups is 1. The van der Waals surface area contributed by atoms with Crippen LogP contribution in [-0.2, 0) is 11.8 Å².